The molecule has 0 bridgehead atoms. The minimum absolute atomic E-state index is 0.131. The molecule has 0 saturated carbocycles. The first kappa shape index (κ1) is 15.5. The van der Waals surface area contributed by atoms with Gasteiger partial charge in [0.05, 0.1) is 7.11 Å². The summed E-state index contributed by atoms with van der Waals surface area (Å²) in [4.78, 5) is 13.7. The Hall–Kier alpha value is -1.59. The summed E-state index contributed by atoms with van der Waals surface area (Å²) < 4.78 is 10.4. The highest BCUT2D eigenvalue weighted by molar-refractivity contribution is 5.81. The van der Waals surface area contributed by atoms with Crippen LogP contribution in [0.5, 0.6) is 5.75 Å². The van der Waals surface area contributed by atoms with Crippen molar-refractivity contribution >= 4 is 5.91 Å². The van der Waals surface area contributed by atoms with Crippen LogP contribution < -0.4 is 10.5 Å². The van der Waals surface area contributed by atoms with E-state index in [9.17, 15) is 4.79 Å². The minimum atomic E-state index is -0.596. The molecule has 106 valence electrons. The number of amides is 1. The lowest BCUT2D eigenvalue weighted by Crippen LogP contribution is -2.41. The van der Waals surface area contributed by atoms with Crippen LogP contribution in [0.25, 0.3) is 0 Å². The quantitative estimate of drug-likeness (QED) is 0.832. The average Bonchev–Trinajstić information content (AvgIpc) is 2.40. The molecule has 0 fully saturated rings. The Balaban J connectivity index is 2.84. The van der Waals surface area contributed by atoms with Crippen molar-refractivity contribution in [3.8, 4) is 5.75 Å². The number of hydrogen-bond donors (Lipinski definition) is 1. The largest absolute Gasteiger partial charge is 0.496 e. The Bertz CT molecular complexity index is 431. The number of ether oxygens (including phenoxy) is 2. The summed E-state index contributed by atoms with van der Waals surface area (Å²) in [6.07, 6.45) is -0.596. The van der Waals surface area contributed by atoms with E-state index in [2.05, 4.69) is 0 Å². The van der Waals surface area contributed by atoms with Crippen molar-refractivity contribution in [1.29, 1.82) is 0 Å². The molecule has 0 aliphatic carbocycles. The molecule has 0 saturated heterocycles. The van der Waals surface area contributed by atoms with Crippen molar-refractivity contribution < 1.29 is 14.3 Å². The number of nitrogens with zero attached hydrogens (tertiary/aromatic N) is 1. The molecule has 2 N–H and O–H groups in total. The molecule has 0 heterocycles. The van der Waals surface area contributed by atoms with Crippen molar-refractivity contribution in [3.63, 3.8) is 0 Å². The highest BCUT2D eigenvalue weighted by Gasteiger charge is 2.21. The lowest BCUT2D eigenvalue weighted by Gasteiger charge is -2.23. The molecule has 0 aliphatic rings. The fraction of sp³-hybridized carbons (Fsp3) is 0.500. The topological polar surface area (TPSA) is 64.8 Å². The van der Waals surface area contributed by atoms with Gasteiger partial charge in [-0.3, -0.25) is 4.79 Å². The SMILES string of the molecule is COc1ccc(C)cc1CN(C)C(=O)C(CN)OC. The van der Waals surface area contributed by atoms with Gasteiger partial charge in [-0.2, -0.15) is 0 Å². The molecule has 5 heteroatoms. The second kappa shape index (κ2) is 7.11. The third-order valence-corrected chi connectivity index (χ3v) is 2.99. The van der Waals surface area contributed by atoms with Crippen molar-refractivity contribution in [2.75, 3.05) is 27.8 Å². The Morgan fingerprint density at radius 2 is 2.11 bits per heavy atom. The number of rotatable bonds is 6. The van der Waals surface area contributed by atoms with Gasteiger partial charge in [0.25, 0.3) is 5.91 Å². The highest BCUT2D eigenvalue weighted by Crippen LogP contribution is 2.21. The van der Waals surface area contributed by atoms with Gasteiger partial charge in [-0.25, -0.2) is 0 Å². The second-order valence-corrected chi connectivity index (χ2v) is 4.47. The van der Waals surface area contributed by atoms with E-state index in [0.717, 1.165) is 16.9 Å². The summed E-state index contributed by atoms with van der Waals surface area (Å²) in [5, 5.41) is 0. The third kappa shape index (κ3) is 3.94. The van der Waals surface area contributed by atoms with Gasteiger partial charge in [-0.1, -0.05) is 17.7 Å². The van der Waals surface area contributed by atoms with Gasteiger partial charge >= 0.3 is 0 Å². The van der Waals surface area contributed by atoms with Gasteiger partial charge in [-0.15, -0.1) is 0 Å². The number of carbonyl (C=O) groups is 1. The maximum absolute atomic E-state index is 12.1. The van der Waals surface area contributed by atoms with Gasteiger partial charge in [-0.05, 0) is 13.0 Å². The molecular weight excluding hydrogens is 244 g/mol. The average molecular weight is 266 g/mol. The summed E-state index contributed by atoms with van der Waals surface area (Å²) in [6, 6.07) is 5.88. The monoisotopic (exact) mass is 266 g/mol. The predicted molar refractivity (Wildman–Crippen MR) is 74.1 cm³/mol. The lowest BCUT2D eigenvalue weighted by atomic mass is 10.1. The molecule has 1 aromatic rings. The summed E-state index contributed by atoms with van der Waals surface area (Å²) in [7, 11) is 4.83. The minimum Gasteiger partial charge on any atom is -0.496 e. The lowest BCUT2D eigenvalue weighted by molar-refractivity contribution is -0.140. The third-order valence-electron chi connectivity index (χ3n) is 2.99. The number of nitrogens with two attached hydrogens (primary N) is 1. The van der Waals surface area contributed by atoms with E-state index in [4.69, 9.17) is 15.2 Å². The van der Waals surface area contributed by atoms with Gasteiger partial charge in [0.15, 0.2) is 0 Å². The first-order valence-electron chi connectivity index (χ1n) is 6.14. The van der Waals surface area contributed by atoms with E-state index in [1.165, 1.54) is 7.11 Å². The number of carbonyl (C=O) groups excluding carboxylic acids is 1. The van der Waals surface area contributed by atoms with Gasteiger partial charge < -0.3 is 20.1 Å². The molecule has 0 radical (unpaired) electrons. The molecule has 0 spiro atoms. The molecule has 1 aromatic carbocycles. The summed E-state index contributed by atoms with van der Waals surface area (Å²) in [5.74, 6) is 0.639. The Kier molecular flexibility index (Phi) is 5.79. The maximum Gasteiger partial charge on any atom is 0.253 e. The van der Waals surface area contributed by atoms with Crippen LogP contribution in [0.2, 0.25) is 0 Å². The summed E-state index contributed by atoms with van der Waals surface area (Å²) >= 11 is 0. The molecule has 19 heavy (non-hydrogen) atoms. The number of aryl methyl sites for hydroxylation is 1. The molecule has 0 aromatic heterocycles. The Labute approximate surface area is 114 Å². The molecule has 1 rings (SSSR count). The number of hydrogen-bond acceptors (Lipinski definition) is 4. The van der Waals surface area contributed by atoms with E-state index in [1.54, 1.807) is 19.1 Å². The first-order valence-corrected chi connectivity index (χ1v) is 6.14. The van der Waals surface area contributed by atoms with E-state index in [-0.39, 0.29) is 12.5 Å². The molecule has 0 aliphatic heterocycles. The van der Waals surface area contributed by atoms with Crippen LogP contribution in [0, 0.1) is 6.92 Å². The Morgan fingerprint density at radius 3 is 2.63 bits per heavy atom. The van der Waals surface area contributed by atoms with Gasteiger partial charge in [0.2, 0.25) is 0 Å². The molecule has 1 unspecified atom stereocenters. The fourth-order valence-electron chi connectivity index (χ4n) is 1.91. The van der Waals surface area contributed by atoms with Crippen molar-refractivity contribution in [2.24, 2.45) is 5.73 Å². The molecule has 1 amide bonds. The van der Waals surface area contributed by atoms with Crippen LogP contribution in [0.3, 0.4) is 0 Å². The fourth-order valence-corrected chi connectivity index (χ4v) is 1.91. The molecule has 1 atom stereocenters. The smallest absolute Gasteiger partial charge is 0.253 e. The number of likely N-dealkylation sites (N-methyl/N-ethyl adjacent to an activating group) is 1. The maximum atomic E-state index is 12.1. The predicted octanol–water partition coefficient (Wildman–Crippen LogP) is 0.936. The summed E-state index contributed by atoms with van der Waals surface area (Å²) in [5.41, 5.74) is 7.59. The van der Waals surface area contributed by atoms with Crippen molar-refractivity contribution in [2.45, 2.75) is 19.6 Å². The van der Waals surface area contributed by atoms with Crippen LogP contribution in [0.4, 0.5) is 0 Å². The highest BCUT2D eigenvalue weighted by atomic mass is 16.5. The van der Waals surface area contributed by atoms with Gasteiger partial charge in [0, 0.05) is 32.8 Å². The Morgan fingerprint density at radius 1 is 1.42 bits per heavy atom. The van der Waals surface area contributed by atoms with E-state index >= 15 is 0 Å². The van der Waals surface area contributed by atoms with Crippen LogP contribution in [0.1, 0.15) is 11.1 Å². The summed E-state index contributed by atoms with van der Waals surface area (Å²) in [6.45, 7) is 2.64. The number of methoxy groups -OCH3 is 2. The van der Waals surface area contributed by atoms with E-state index in [0.29, 0.717) is 6.54 Å². The van der Waals surface area contributed by atoms with E-state index in [1.807, 2.05) is 25.1 Å². The van der Waals surface area contributed by atoms with Crippen LogP contribution >= 0.6 is 0 Å². The number of benzene rings is 1. The standard InChI is InChI=1S/C14H22N2O3/c1-10-5-6-12(18-3)11(7-10)9-16(2)14(17)13(8-15)19-4/h5-7,13H,8-9,15H2,1-4H3. The second-order valence-electron chi connectivity index (χ2n) is 4.47. The van der Waals surface area contributed by atoms with E-state index < -0.39 is 6.10 Å². The zero-order chi connectivity index (χ0) is 14.4. The molecule has 5 nitrogen and oxygen atoms in total. The zero-order valence-corrected chi connectivity index (χ0v) is 12.0. The molecular formula is C14H22N2O3. The van der Waals surface area contributed by atoms with Crippen LogP contribution in [-0.4, -0.2) is 44.7 Å². The zero-order valence-electron chi connectivity index (χ0n) is 12.0. The normalized spacial score (nSPS) is 12.1. The van der Waals surface area contributed by atoms with Crippen molar-refractivity contribution in [3.05, 3.63) is 29.3 Å². The van der Waals surface area contributed by atoms with Crippen LogP contribution in [0.15, 0.2) is 18.2 Å². The van der Waals surface area contributed by atoms with Crippen LogP contribution in [-0.2, 0) is 16.1 Å². The van der Waals surface area contributed by atoms with Gasteiger partial charge in [0.1, 0.15) is 11.9 Å². The van der Waals surface area contributed by atoms with Crippen molar-refractivity contribution in [1.82, 2.24) is 4.90 Å². The first-order chi connectivity index (χ1) is 9.03.